The van der Waals surface area contributed by atoms with Gasteiger partial charge in [-0.2, -0.15) is 0 Å². The van der Waals surface area contributed by atoms with E-state index < -0.39 is 0 Å². The second-order valence-corrected chi connectivity index (χ2v) is 8.94. The lowest BCUT2D eigenvalue weighted by molar-refractivity contribution is -0.117. The first-order chi connectivity index (χ1) is 16.6. The smallest absolute Gasteiger partial charge is 0.227 e. The van der Waals surface area contributed by atoms with E-state index in [1.165, 1.54) is 12.1 Å². The zero-order valence-electron chi connectivity index (χ0n) is 18.7. The molecule has 1 aliphatic heterocycles. The Morgan fingerprint density at radius 3 is 2.56 bits per heavy atom. The number of para-hydroxylation sites is 2. The molecule has 2 heterocycles. The molecule has 0 aliphatic carbocycles. The number of ether oxygens (including phenoxy) is 1. The van der Waals surface area contributed by atoms with Gasteiger partial charge in [0.05, 0.1) is 17.6 Å². The molecule has 3 aromatic carbocycles. The van der Waals surface area contributed by atoms with Crippen LogP contribution in [0.4, 0.5) is 10.1 Å². The Balaban J connectivity index is 1.28. The highest BCUT2D eigenvalue weighted by atomic mass is 35.5. The van der Waals surface area contributed by atoms with Crippen LogP contribution < -0.4 is 9.64 Å². The van der Waals surface area contributed by atoms with E-state index in [9.17, 15) is 9.18 Å². The maximum atomic E-state index is 13.3. The largest absolute Gasteiger partial charge is 0.494 e. The minimum Gasteiger partial charge on any atom is -0.494 e. The van der Waals surface area contributed by atoms with Crippen LogP contribution in [0.5, 0.6) is 5.75 Å². The number of aromatic nitrogens is 2. The van der Waals surface area contributed by atoms with E-state index in [2.05, 4.69) is 10.6 Å². The van der Waals surface area contributed by atoms with Gasteiger partial charge in [0.1, 0.15) is 17.4 Å². The fourth-order valence-electron chi connectivity index (χ4n) is 4.48. The van der Waals surface area contributed by atoms with Crippen molar-refractivity contribution < 1.29 is 13.9 Å². The van der Waals surface area contributed by atoms with Crippen LogP contribution in [0.25, 0.3) is 11.0 Å². The molecule has 0 bridgehead atoms. The molecule has 0 saturated carbocycles. The van der Waals surface area contributed by atoms with Crippen LogP contribution in [-0.2, 0) is 11.3 Å². The van der Waals surface area contributed by atoms with E-state index in [-0.39, 0.29) is 17.6 Å². The van der Waals surface area contributed by atoms with Gasteiger partial charge in [-0.1, -0.05) is 23.7 Å². The summed E-state index contributed by atoms with van der Waals surface area (Å²) in [5.74, 6) is 1.44. The molecule has 0 spiro atoms. The van der Waals surface area contributed by atoms with Gasteiger partial charge in [0.25, 0.3) is 0 Å². The summed E-state index contributed by atoms with van der Waals surface area (Å²) in [6.07, 6.45) is 2.20. The third-order valence-electron chi connectivity index (χ3n) is 6.17. The second kappa shape index (κ2) is 9.85. The number of halogens is 2. The van der Waals surface area contributed by atoms with Crippen molar-refractivity contribution in [2.45, 2.75) is 31.7 Å². The van der Waals surface area contributed by atoms with Crippen molar-refractivity contribution in [1.29, 1.82) is 0 Å². The van der Waals surface area contributed by atoms with E-state index >= 15 is 0 Å². The lowest BCUT2D eigenvalue weighted by Gasteiger charge is -2.17. The number of amides is 1. The molecule has 5 rings (SSSR count). The van der Waals surface area contributed by atoms with E-state index in [1.54, 1.807) is 17.0 Å². The molecule has 1 aromatic heterocycles. The Hall–Kier alpha value is -3.38. The maximum absolute atomic E-state index is 13.3. The summed E-state index contributed by atoms with van der Waals surface area (Å²) in [6, 6.07) is 21.5. The number of unbranched alkanes of at least 4 members (excludes halogenated alkanes) is 1. The van der Waals surface area contributed by atoms with E-state index in [1.807, 2.05) is 42.5 Å². The van der Waals surface area contributed by atoms with Crippen molar-refractivity contribution in [2.75, 3.05) is 18.1 Å². The predicted molar refractivity (Wildman–Crippen MR) is 132 cm³/mol. The summed E-state index contributed by atoms with van der Waals surface area (Å²) in [7, 11) is 0. The highest BCUT2D eigenvalue weighted by molar-refractivity contribution is 6.30. The molecule has 4 aromatic rings. The number of imidazole rings is 1. The molecule has 0 radical (unpaired) electrons. The molecule has 1 saturated heterocycles. The first kappa shape index (κ1) is 22.4. The average molecular weight is 478 g/mol. The van der Waals surface area contributed by atoms with E-state index in [4.69, 9.17) is 21.3 Å². The first-order valence-corrected chi connectivity index (χ1v) is 11.9. The molecule has 7 heteroatoms. The zero-order chi connectivity index (χ0) is 23.5. The quantitative estimate of drug-likeness (QED) is 0.283. The Morgan fingerprint density at radius 2 is 1.76 bits per heavy atom. The number of rotatable bonds is 8. The lowest BCUT2D eigenvalue weighted by Crippen LogP contribution is -2.24. The Bertz CT molecular complexity index is 1290. The predicted octanol–water partition coefficient (Wildman–Crippen LogP) is 6.21. The van der Waals surface area contributed by atoms with Gasteiger partial charge >= 0.3 is 0 Å². The van der Waals surface area contributed by atoms with Crippen LogP contribution >= 0.6 is 11.6 Å². The first-order valence-electron chi connectivity index (χ1n) is 11.5. The minimum atomic E-state index is -0.311. The van der Waals surface area contributed by atoms with Crippen molar-refractivity contribution in [3.63, 3.8) is 0 Å². The highest BCUT2D eigenvalue weighted by Gasteiger charge is 2.34. The third kappa shape index (κ3) is 4.77. The molecule has 0 N–H and O–H groups in total. The monoisotopic (exact) mass is 477 g/mol. The molecular weight excluding hydrogens is 453 g/mol. The molecule has 0 unspecified atom stereocenters. The van der Waals surface area contributed by atoms with Gasteiger partial charge in [0.15, 0.2) is 0 Å². The number of nitrogens with zero attached hydrogens (tertiary/aromatic N) is 3. The molecule has 174 valence electrons. The van der Waals surface area contributed by atoms with E-state index in [0.717, 1.165) is 47.7 Å². The van der Waals surface area contributed by atoms with Gasteiger partial charge < -0.3 is 14.2 Å². The Morgan fingerprint density at radius 1 is 1.00 bits per heavy atom. The molecule has 1 aliphatic rings. The van der Waals surface area contributed by atoms with Crippen LogP contribution in [0, 0.1) is 5.82 Å². The number of benzene rings is 3. The summed E-state index contributed by atoms with van der Waals surface area (Å²) < 4.78 is 21.4. The molecule has 5 nitrogen and oxygen atoms in total. The number of fused-ring (bicyclic) bond motifs is 1. The number of hydrogen-bond donors (Lipinski definition) is 0. The number of aryl methyl sites for hydroxylation is 1. The Labute approximate surface area is 202 Å². The van der Waals surface area contributed by atoms with Gasteiger partial charge in [-0.15, -0.1) is 0 Å². The molecular formula is C27H25ClFN3O2. The zero-order valence-corrected chi connectivity index (χ0v) is 19.4. The standard InChI is InChI=1S/C27H25ClFN3O2/c28-20-7-13-23(14-8-20)34-16-4-3-15-31-25-6-2-1-5-24(25)30-27(31)19-17-26(33)32(18-19)22-11-9-21(29)10-12-22/h1-2,5-14,19H,3-4,15-18H2/t19-/m1/s1. The lowest BCUT2D eigenvalue weighted by atomic mass is 10.1. The number of hydrogen-bond acceptors (Lipinski definition) is 3. The summed E-state index contributed by atoms with van der Waals surface area (Å²) >= 11 is 5.92. The minimum absolute atomic E-state index is 0.0183. The van der Waals surface area contributed by atoms with E-state index in [0.29, 0.717) is 24.6 Å². The second-order valence-electron chi connectivity index (χ2n) is 8.50. The van der Waals surface area contributed by atoms with Gasteiger partial charge in [-0.25, -0.2) is 9.37 Å². The van der Waals surface area contributed by atoms with Gasteiger partial charge in [-0.05, 0) is 73.5 Å². The fourth-order valence-corrected chi connectivity index (χ4v) is 4.61. The topological polar surface area (TPSA) is 47.4 Å². The normalized spacial score (nSPS) is 15.9. The summed E-state index contributed by atoms with van der Waals surface area (Å²) in [6.45, 7) is 1.94. The van der Waals surface area contributed by atoms with Crippen LogP contribution in [-0.4, -0.2) is 28.6 Å². The van der Waals surface area contributed by atoms with Crippen molar-refractivity contribution in [2.24, 2.45) is 0 Å². The van der Waals surface area contributed by atoms with Gasteiger partial charge in [0, 0.05) is 36.1 Å². The average Bonchev–Trinajstić information content (AvgIpc) is 3.41. The molecule has 1 atom stereocenters. The van der Waals surface area contributed by atoms with Crippen molar-refractivity contribution in [3.8, 4) is 5.75 Å². The number of carbonyl (C=O) groups excluding carboxylic acids is 1. The molecule has 1 amide bonds. The Kier molecular flexibility index (Phi) is 6.50. The SMILES string of the molecule is O=C1C[C@@H](c2nc3ccccc3n2CCCCOc2ccc(Cl)cc2)CN1c1ccc(F)cc1. The summed E-state index contributed by atoms with van der Waals surface area (Å²) in [5, 5.41) is 0.690. The third-order valence-corrected chi connectivity index (χ3v) is 6.42. The number of carbonyl (C=O) groups is 1. The van der Waals surface area contributed by atoms with Crippen LogP contribution in [0.15, 0.2) is 72.8 Å². The van der Waals surface area contributed by atoms with Crippen molar-refractivity contribution in [3.05, 3.63) is 89.5 Å². The highest BCUT2D eigenvalue weighted by Crippen LogP contribution is 2.33. The molecule has 1 fully saturated rings. The van der Waals surface area contributed by atoms with Gasteiger partial charge in [-0.3, -0.25) is 4.79 Å². The number of anilines is 1. The summed E-state index contributed by atoms with van der Waals surface area (Å²) in [5.41, 5.74) is 2.72. The van der Waals surface area contributed by atoms with Gasteiger partial charge in [0.2, 0.25) is 5.91 Å². The van der Waals surface area contributed by atoms with Crippen molar-refractivity contribution in [1.82, 2.24) is 9.55 Å². The van der Waals surface area contributed by atoms with Crippen molar-refractivity contribution >= 4 is 34.2 Å². The van der Waals surface area contributed by atoms with Crippen LogP contribution in [0.2, 0.25) is 5.02 Å². The van der Waals surface area contributed by atoms with Crippen LogP contribution in [0.1, 0.15) is 31.0 Å². The fraction of sp³-hybridized carbons (Fsp3) is 0.259. The maximum Gasteiger partial charge on any atom is 0.227 e. The molecule has 34 heavy (non-hydrogen) atoms. The van der Waals surface area contributed by atoms with Crippen LogP contribution in [0.3, 0.4) is 0 Å². The summed E-state index contributed by atoms with van der Waals surface area (Å²) in [4.78, 5) is 19.4.